The molecule has 0 saturated carbocycles. The summed E-state index contributed by atoms with van der Waals surface area (Å²) in [6.07, 6.45) is 0. The minimum absolute atomic E-state index is 0.327. The van der Waals surface area contributed by atoms with Crippen LogP contribution in [-0.4, -0.2) is 4.98 Å². The quantitative estimate of drug-likeness (QED) is 0.809. The molecule has 1 aromatic heterocycles. The monoisotopic (exact) mass is 244 g/mol. The van der Waals surface area contributed by atoms with Gasteiger partial charge >= 0.3 is 0 Å². The minimum atomic E-state index is 0.327. The van der Waals surface area contributed by atoms with Crippen molar-refractivity contribution in [3.8, 4) is 17.7 Å². The molecule has 0 aliphatic rings. The number of aryl methyl sites for hydroxylation is 1. The highest BCUT2D eigenvalue weighted by atomic mass is 35.5. The van der Waals surface area contributed by atoms with Crippen LogP contribution >= 0.6 is 11.6 Å². The number of hydrogen-bond donors (Lipinski definition) is 0. The van der Waals surface area contributed by atoms with Crippen molar-refractivity contribution in [3.05, 3.63) is 52.7 Å². The molecule has 0 spiro atoms. The van der Waals surface area contributed by atoms with Crippen molar-refractivity contribution in [1.29, 1.82) is 5.26 Å². The number of nitrogens with zero attached hydrogens (tertiary/aromatic N) is 2. The summed E-state index contributed by atoms with van der Waals surface area (Å²) in [5.74, 6) is 1.04. The van der Waals surface area contributed by atoms with E-state index < -0.39 is 0 Å². The number of benzene rings is 1. The van der Waals surface area contributed by atoms with Crippen molar-refractivity contribution < 1.29 is 4.74 Å². The third-order valence-corrected chi connectivity index (χ3v) is 2.61. The number of halogens is 1. The molecule has 84 valence electrons. The lowest BCUT2D eigenvalue weighted by molar-refractivity contribution is 0.462. The van der Waals surface area contributed by atoms with Crippen LogP contribution in [-0.2, 0) is 0 Å². The van der Waals surface area contributed by atoms with Crippen LogP contribution in [0.3, 0.4) is 0 Å². The molecule has 0 atom stereocenters. The number of rotatable bonds is 2. The molecule has 0 radical (unpaired) electrons. The highest BCUT2D eigenvalue weighted by Crippen LogP contribution is 2.24. The first-order chi connectivity index (χ1) is 8.19. The maximum atomic E-state index is 8.72. The summed E-state index contributed by atoms with van der Waals surface area (Å²) in [4.78, 5) is 4.02. The van der Waals surface area contributed by atoms with Crippen molar-refractivity contribution in [2.24, 2.45) is 0 Å². The molecule has 0 aliphatic carbocycles. The van der Waals surface area contributed by atoms with E-state index in [-0.39, 0.29) is 0 Å². The van der Waals surface area contributed by atoms with Crippen LogP contribution < -0.4 is 4.74 Å². The van der Waals surface area contributed by atoms with Gasteiger partial charge in [0, 0.05) is 11.1 Å². The van der Waals surface area contributed by atoms with Crippen molar-refractivity contribution in [3.63, 3.8) is 0 Å². The SMILES string of the molecule is Cc1cc(Oc2cccc(C#N)n2)ccc1Cl. The number of nitriles is 1. The summed E-state index contributed by atoms with van der Waals surface area (Å²) in [5.41, 5.74) is 1.26. The molecule has 0 aliphatic heterocycles. The van der Waals surface area contributed by atoms with Gasteiger partial charge in [-0.3, -0.25) is 0 Å². The second-order valence-corrected chi connectivity index (χ2v) is 3.89. The fourth-order valence-corrected chi connectivity index (χ4v) is 1.45. The molecule has 2 aromatic rings. The van der Waals surface area contributed by atoms with E-state index in [0.29, 0.717) is 22.3 Å². The third kappa shape index (κ3) is 2.74. The molecule has 1 aromatic carbocycles. The van der Waals surface area contributed by atoms with Gasteiger partial charge in [-0.2, -0.15) is 5.26 Å². The zero-order valence-electron chi connectivity index (χ0n) is 9.14. The first-order valence-electron chi connectivity index (χ1n) is 5.00. The highest BCUT2D eigenvalue weighted by molar-refractivity contribution is 6.31. The lowest BCUT2D eigenvalue weighted by atomic mass is 10.2. The smallest absolute Gasteiger partial charge is 0.220 e. The molecule has 0 unspecified atom stereocenters. The maximum Gasteiger partial charge on any atom is 0.220 e. The van der Waals surface area contributed by atoms with E-state index in [0.717, 1.165) is 5.56 Å². The van der Waals surface area contributed by atoms with Gasteiger partial charge in [0.15, 0.2) is 0 Å². The second-order valence-electron chi connectivity index (χ2n) is 3.49. The Morgan fingerprint density at radius 2 is 2.12 bits per heavy atom. The Kier molecular flexibility index (Phi) is 3.27. The van der Waals surface area contributed by atoms with Gasteiger partial charge in [-0.1, -0.05) is 17.7 Å². The summed E-state index contributed by atoms with van der Waals surface area (Å²) in [6.45, 7) is 1.90. The first-order valence-corrected chi connectivity index (χ1v) is 5.38. The summed E-state index contributed by atoms with van der Waals surface area (Å²) in [5, 5.41) is 9.41. The van der Waals surface area contributed by atoms with Gasteiger partial charge in [0.05, 0.1) is 0 Å². The summed E-state index contributed by atoms with van der Waals surface area (Å²) >= 11 is 5.92. The van der Waals surface area contributed by atoms with Gasteiger partial charge in [0.25, 0.3) is 0 Å². The molecule has 0 fully saturated rings. The lowest BCUT2D eigenvalue weighted by Crippen LogP contribution is -1.90. The van der Waals surface area contributed by atoms with E-state index in [2.05, 4.69) is 4.98 Å². The average molecular weight is 245 g/mol. The standard InChI is InChI=1S/C13H9ClN2O/c1-9-7-11(5-6-12(9)14)17-13-4-2-3-10(8-15)16-13/h2-7H,1H3. The van der Waals surface area contributed by atoms with E-state index in [4.69, 9.17) is 21.6 Å². The predicted octanol–water partition coefficient (Wildman–Crippen LogP) is 3.71. The van der Waals surface area contributed by atoms with Gasteiger partial charge in [-0.05, 0) is 36.8 Å². The van der Waals surface area contributed by atoms with Crippen molar-refractivity contribution >= 4 is 11.6 Å². The Hall–Kier alpha value is -2.05. The summed E-state index contributed by atoms with van der Waals surface area (Å²) in [7, 11) is 0. The summed E-state index contributed by atoms with van der Waals surface area (Å²) in [6, 6.07) is 12.4. The molecule has 4 heteroatoms. The van der Waals surface area contributed by atoms with Crippen molar-refractivity contribution in [2.75, 3.05) is 0 Å². The van der Waals surface area contributed by atoms with Crippen LogP contribution in [0.2, 0.25) is 5.02 Å². The van der Waals surface area contributed by atoms with Crippen molar-refractivity contribution in [1.82, 2.24) is 4.98 Å². The Balaban J connectivity index is 2.25. The van der Waals surface area contributed by atoms with Crippen LogP contribution in [0.5, 0.6) is 11.6 Å². The normalized spacial score (nSPS) is 9.71. The zero-order valence-corrected chi connectivity index (χ0v) is 9.90. The molecule has 2 rings (SSSR count). The molecule has 17 heavy (non-hydrogen) atoms. The zero-order chi connectivity index (χ0) is 12.3. The second kappa shape index (κ2) is 4.86. The van der Waals surface area contributed by atoms with Gasteiger partial charge in [-0.25, -0.2) is 4.98 Å². The van der Waals surface area contributed by atoms with Gasteiger partial charge in [0.1, 0.15) is 17.5 Å². The van der Waals surface area contributed by atoms with E-state index >= 15 is 0 Å². The molecule has 0 saturated heterocycles. The molecular formula is C13H9ClN2O. The number of pyridine rings is 1. The fraction of sp³-hybridized carbons (Fsp3) is 0.0769. The van der Waals surface area contributed by atoms with Gasteiger partial charge in [0.2, 0.25) is 5.88 Å². The van der Waals surface area contributed by atoms with Crippen LogP contribution in [0.15, 0.2) is 36.4 Å². The van der Waals surface area contributed by atoms with Crippen molar-refractivity contribution in [2.45, 2.75) is 6.92 Å². The average Bonchev–Trinajstić information content (AvgIpc) is 2.34. The third-order valence-electron chi connectivity index (χ3n) is 2.19. The Morgan fingerprint density at radius 3 is 2.82 bits per heavy atom. The number of ether oxygens (including phenoxy) is 1. The maximum absolute atomic E-state index is 8.72. The fourth-order valence-electron chi connectivity index (χ4n) is 1.34. The van der Waals surface area contributed by atoms with E-state index in [1.807, 2.05) is 19.1 Å². The minimum Gasteiger partial charge on any atom is -0.439 e. The molecule has 1 heterocycles. The lowest BCUT2D eigenvalue weighted by Gasteiger charge is -2.06. The molecule has 3 nitrogen and oxygen atoms in total. The molecule has 0 amide bonds. The molecule has 0 bridgehead atoms. The largest absolute Gasteiger partial charge is 0.439 e. The van der Waals surface area contributed by atoms with E-state index in [1.165, 1.54) is 0 Å². The number of aromatic nitrogens is 1. The van der Waals surface area contributed by atoms with Crippen LogP contribution in [0.1, 0.15) is 11.3 Å². The first kappa shape index (κ1) is 11.4. The van der Waals surface area contributed by atoms with E-state index in [1.54, 1.807) is 30.3 Å². The topological polar surface area (TPSA) is 45.9 Å². The Morgan fingerprint density at radius 1 is 1.29 bits per heavy atom. The van der Waals surface area contributed by atoms with Gasteiger partial charge in [-0.15, -0.1) is 0 Å². The Bertz CT molecular complexity index is 590. The van der Waals surface area contributed by atoms with Crippen LogP contribution in [0.4, 0.5) is 0 Å². The van der Waals surface area contributed by atoms with Crippen LogP contribution in [0.25, 0.3) is 0 Å². The molecule has 0 N–H and O–H groups in total. The Labute approximate surface area is 104 Å². The predicted molar refractivity (Wildman–Crippen MR) is 65.2 cm³/mol. The summed E-state index contributed by atoms with van der Waals surface area (Å²) < 4.78 is 5.54. The number of hydrogen-bond acceptors (Lipinski definition) is 3. The highest BCUT2D eigenvalue weighted by Gasteiger charge is 2.02. The van der Waals surface area contributed by atoms with Gasteiger partial charge < -0.3 is 4.74 Å². The van der Waals surface area contributed by atoms with Crippen LogP contribution in [0, 0.1) is 18.3 Å². The molecular weight excluding hydrogens is 236 g/mol. The van der Waals surface area contributed by atoms with E-state index in [9.17, 15) is 0 Å².